The summed E-state index contributed by atoms with van der Waals surface area (Å²) < 4.78 is 10.9. The van der Waals surface area contributed by atoms with Crippen molar-refractivity contribution in [3.8, 4) is 22.1 Å². The van der Waals surface area contributed by atoms with Crippen molar-refractivity contribution in [2.45, 2.75) is 20.0 Å². The molecule has 29 heavy (non-hydrogen) atoms. The Hall–Kier alpha value is -2.41. The van der Waals surface area contributed by atoms with Gasteiger partial charge in [0.2, 0.25) is 6.79 Å². The van der Waals surface area contributed by atoms with E-state index in [1.807, 2.05) is 12.1 Å². The lowest BCUT2D eigenvalue weighted by atomic mass is 10.1. The summed E-state index contributed by atoms with van der Waals surface area (Å²) in [6.45, 7) is 8.78. The molecule has 1 aromatic heterocycles. The third-order valence-electron chi connectivity index (χ3n) is 5.55. The summed E-state index contributed by atoms with van der Waals surface area (Å²) in [7, 11) is 0. The highest BCUT2D eigenvalue weighted by Gasteiger charge is 2.19. The fourth-order valence-electron chi connectivity index (χ4n) is 3.83. The maximum atomic E-state index is 5.49. The van der Waals surface area contributed by atoms with Crippen LogP contribution in [0.15, 0.2) is 47.8 Å². The minimum absolute atomic E-state index is 0.303. The summed E-state index contributed by atoms with van der Waals surface area (Å²) in [5.41, 5.74) is 4.96. The average Bonchev–Trinajstić information content (AvgIpc) is 3.40. The molecule has 3 aromatic rings. The second kappa shape index (κ2) is 8.14. The molecule has 2 aliphatic heterocycles. The molecular weight excluding hydrogens is 382 g/mol. The van der Waals surface area contributed by atoms with Crippen LogP contribution in [0.2, 0.25) is 0 Å². The predicted molar refractivity (Wildman–Crippen MR) is 115 cm³/mol. The van der Waals surface area contributed by atoms with Crippen LogP contribution in [0.5, 0.6) is 11.5 Å². The van der Waals surface area contributed by atoms with E-state index >= 15 is 0 Å². The first-order valence-electron chi connectivity index (χ1n) is 10.1. The number of aromatic nitrogens is 1. The monoisotopic (exact) mass is 407 g/mol. The van der Waals surface area contributed by atoms with E-state index in [1.54, 1.807) is 11.3 Å². The fourth-order valence-corrected chi connectivity index (χ4v) is 4.64. The van der Waals surface area contributed by atoms with Gasteiger partial charge >= 0.3 is 0 Å². The van der Waals surface area contributed by atoms with Crippen LogP contribution >= 0.6 is 11.3 Å². The molecule has 1 saturated heterocycles. The van der Waals surface area contributed by atoms with E-state index in [0.717, 1.165) is 67.0 Å². The Morgan fingerprint density at radius 3 is 2.41 bits per heavy atom. The summed E-state index contributed by atoms with van der Waals surface area (Å²) in [6, 6.07) is 14.9. The van der Waals surface area contributed by atoms with Crippen LogP contribution in [0.4, 0.5) is 0 Å². The largest absolute Gasteiger partial charge is 0.454 e. The van der Waals surface area contributed by atoms with E-state index < -0.39 is 0 Å². The van der Waals surface area contributed by atoms with Gasteiger partial charge in [0.1, 0.15) is 5.01 Å². The molecule has 0 spiro atoms. The van der Waals surface area contributed by atoms with E-state index in [4.69, 9.17) is 14.5 Å². The van der Waals surface area contributed by atoms with E-state index in [2.05, 4.69) is 52.4 Å². The highest BCUT2D eigenvalue weighted by molar-refractivity contribution is 7.13. The van der Waals surface area contributed by atoms with Crippen molar-refractivity contribution in [3.05, 3.63) is 64.7 Å². The predicted octanol–water partition coefficient (Wildman–Crippen LogP) is 4.17. The summed E-state index contributed by atoms with van der Waals surface area (Å²) >= 11 is 1.70. The summed E-state index contributed by atoms with van der Waals surface area (Å²) in [5, 5.41) is 3.22. The molecule has 2 aliphatic rings. The molecule has 0 aliphatic carbocycles. The second-order valence-electron chi connectivity index (χ2n) is 7.75. The Balaban J connectivity index is 1.16. The molecule has 1 fully saturated rings. The zero-order valence-electron chi connectivity index (χ0n) is 16.6. The Kier molecular flexibility index (Phi) is 5.23. The van der Waals surface area contributed by atoms with E-state index in [9.17, 15) is 0 Å². The molecule has 0 saturated carbocycles. The molecule has 0 bridgehead atoms. The van der Waals surface area contributed by atoms with Gasteiger partial charge in [-0.15, -0.1) is 11.3 Å². The number of benzene rings is 2. The molecule has 0 N–H and O–H groups in total. The van der Waals surface area contributed by atoms with Gasteiger partial charge in [0.15, 0.2) is 11.5 Å². The number of ether oxygens (including phenoxy) is 2. The van der Waals surface area contributed by atoms with Gasteiger partial charge in [-0.25, -0.2) is 4.98 Å². The molecule has 0 atom stereocenters. The first-order chi connectivity index (χ1) is 14.2. The molecule has 2 aromatic carbocycles. The number of hydrogen-bond donors (Lipinski definition) is 0. The standard InChI is InChI=1S/C23H25N3O2S/c1-17-2-4-18(5-3-17)13-25-8-10-26(11-9-25)14-20-15-29-23(24-20)19-6-7-21-22(12-19)28-16-27-21/h2-7,12,15H,8-11,13-14,16H2,1H3. The van der Waals surface area contributed by atoms with Gasteiger partial charge in [0.05, 0.1) is 5.69 Å². The van der Waals surface area contributed by atoms with Crippen LogP contribution in [-0.2, 0) is 13.1 Å². The molecular formula is C23H25N3O2S. The number of piperazine rings is 1. The lowest BCUT2D eigenvalue weighted by Crippen LogP contribution is -2.45. The summed E-state index contributed by atoms with van der Waals surface area (Å²) in [5.74, 6) is 1.62. The number of hydrogen-bond acceptors (Lipinski definition) is 6. The van der Waals surface area contributed by atoms with Crippen LogP contribution in [0, 0.1) is 6.92 Å². The smallest absolute Gasteiger partial charge is 0.231 e. The number of aryl methyl sites for hydroxylation is 1. The molecule has 3 heterocycles. The number of rotatable bonds is 5. The maximum absolute atomic E-state index is 5.49. The van der Waals surface area contributed by atoms with E-state index in [0.29, 0.717) is 6.79 Å². The van der Waals surface area contributed by atoms with Crippen molar-refractivity contribution in [2.75, 3.05) is 33.0 Å². The van der Waals surface area contributed by atoms with Crippen molar-refractivity contribution >= 4 is 11.3 Å². The number of thiazole rings is 1. The first kappa shape index (κ1) is 18.6. The van der Waals surface area contributed by atoms with E-state index in [1.165, 1.54) is 11.1 Å². The molecule has 6 heteroatoms. The zero-order valence-corrected chi connectivity index (χ0v) is 17.5. The minimum atomic E-state index is 0.303. The lowest BCUT2D eigenvalue weighted by Gasteiger charge is -2.34. The van der Waals surface area contributed by atoms with Gasteiger partial charge in [-0.05, 0) is 30.7 Å². The lowest BCUT2D eigenvalue weighted by molar-refractivity contribution is 0.121. The molecule has 0 amide bonds. The molecule has 150 valence electrons. The van der Waals surface area contributed by atoms with Gasteiger partial charge in [0, 0.05) is 50.2 Å². The average molecular weight is 408 g/mol. The Morgan fingerprint density at radius 1 is 0.897 bits per heavy atom. The van der Waals surface area contributed by atoms with Crippen molar-refractivity contribution in [1.82, 2.24) is 14.8 Å². The Bertz CT molecular complexity index is 978. The third kappa shape index (κ3) is 4.29. The topological polar surface area (TPSA) is 37.8 Å². The van der Waals surface area contributed by atoms with Crippen molar-refractivity contribution in [3.63, 3.8) is 0 Å². The van der Waals surface area contributed by atoms with Crippen LogP contribution in [-0.4, -0.2) is 47.8 Å². The van der Waals surface area contributed by atoms with E-state index in [-0.39, 0.29) is 0 Å². The minimum Gasteiger partial charge on any atom is -0.454 e. The maximum Gasteiger partial charge on any atom is 0.231 e. The van der Waals surface area contributed by atoms with Gasteiger partial charge in [-0.1, -0.05) is 29.8 Å². The van der Waals surface area contributed by atoms with Crippen molar-refractivity contribution < 1.29 is 9.47 Å². The molecule has 0 radical (unpaired) electrons. The molecule has 5 nitrogen and oxygen atoms in total. The number of fused-ring (bicyclic) bond motifs is 1. The SMILES string of the molecule is Cc1ccc(CN2CCN(Cc3csc(-c4ccc5c(c4)OCO5)n3)CC2)cc1. The quantitative estimate of drug-likeness (QED) is 0.635. The molecule has 5 rings (SSSR count). The van der Waals surface area contributed by atoms with Gasteiger partial charge in [-0.3, -0.25) is 9.80 Å². The second-order valence-corrected chi connectivity index (χ2v) is 8.61. The van der Waals surface area contributed by atoms with Crippen molar-refractivity contribution in [2.24, 2.45) is 0 Å². The highest BCUT2D eigenvalue weighted by atomic mass is 32.1. The normalized spacial score (nSPS) is 17.0. The van der Waals surface area contributed by atoms with Gasteiger partial charge in [-0.2, -0.15) is 0 Å². The Labute approximate surface area is 175 Å². The van der Waals surface area contributed by atoms with Crippen LogP contribution < -0.4 is 9.47 Å². The van der Waals surface area contributed by atoms with Gasteiger partial charge in [0.25, 0.3) is 0 Å². The number of nitrogens with zero attached hydrogens (tertiary/aromatic N) is 3. The first-order valence-corrected chi connectivity index (χ1v) is 11.0. The fraction of sp³-hybridized carbons (Fsp3) is 0.348. The summed E-state index contributed by atoms with van der Waals surface area (Å²) in [6.07, 6.45) is 0. The Morgan fingerprint density at radius 2 is 1.62 bits per heavy atom. The summed E-state index contributed by atoms with van der Waals surface area (Å²) in [4.78, 5) is 9.91. The molecule has 0 unspecified atom stereocenters. The zero-order chi connectivity index (χ0) is 19.6. The van der Waals surface area contributed by atoms with Crippen LogP contribution in [0.3, 0.4) is 0 Å². The van der Waals surface area contributed by atoms with Gasteiger partial charge < -0.3 is 9.47 Å². The van der Waals surface area contributed by atoms with Crippen LogP contribution in [0.1, 0.15) is 16.8 Å². The van der Waals surface area contributed by atoms with Crippen LogP contribution in [0.25, 0.3) is 10.6 Å². The third-order valence-corrected chi connectivity index (χ3v) is 6.49. The van der Waals surface area contributed by atoms with Crippen molar-refractivity contribution in [1.29, 1.82) is 0 Å². The highest BCUT2D eigenvalue weighted by Crippen LogP contribution is 2.36.